The van der Waals surface area contributed by atoms with Gasteiger partial charge in [-0.2, -0.15) is 0 Å². The minimum Gasteiger partial charge on any atom is -0.481 e. The number of carbonyl (C=O) groups is 1. The van der Waals surface area contributed by atoms with E-state index in [1.54, 1.807) is 12.2 Å². The Hall–Kier alpha value is -1.21. The van der Waals surface area contributed by atoms with E-state index in [9.17, 15) is 20.1 Å². The zero-order valence-corrected chi connectivity index (χ0v) is 15.7. The minimum atomic E-state index is -0.801. The lowest BCUT2D eigenvalue weighted by atomic mass is 9.95. The predicted molar refractivity (Wildman–Crippen MR) is 99.8 cm³/mol. The summed E-state index contributed by atoms with van der Waals surface area (Å²) in [4.78, 5) is 10.4. The van der Waals surface area contributed by atoms with Crippen LogP contribution in [0.5, 0.6) is 0 Å². The van der Waals surface area contributed by atoms with Gasteiger partial charge in [-0.15, -0.1) is 0 Å². The van der Waals surface area contributed by atoms with Gasteiger partial charge in [-0.25, -0.2) is 0 Å². The Balaban J connectivity index is 2.41. The highest BCUT2D eigenvalue weighted by Crippen LogP contribution is 2.24. The quantitative estimate of drug-likeness (QED) is 0.311. The Bertz CT molecular complexity index is 448. The molecule has 1 rings (SSSR count). The fraction of sp³-hybridized carbons (Fsp3) is 0.750. The first-order chi connectivity index (χ1) is 12.4. The molecule has 150 valence electrons. The molecule has 1 heterocycles. The van der Waals surface area contributed by atoms with Crippen molar-refractivity contribution < 1.29 is 30.0 Å². The second kappa shape index (κ2) is 13.0. The molecule has 0 aromatic rings. The Labute approximate surface area is 156 Å². The zero-order chi connectivity index (χ0) is 19.4. The van der Waals surface area contributed by atoms with Gasteiger partial charge in [0.1, 0.15) is 6.10 Å². The molecular formula is C20H34O6. The summed E-state index contributed by atoms with van der Waals surface area (Å²) < 4.78 is 5.79. The first kappa shape index (κ1) is 22.8. The molecule has 0 radical (unpaired) electrons. The molecule has 0 amide bonds. The predicted octanol–water partition coefficient (Wildman–Crippen LogP) is 2.56. The molecule has 0 bridgehead atoms. The first-order valence-electron chi connectivity index (χ1n) is 9.68. The number of hydrogen-bond acceptors (Lipinski definition) is 5. The SMILES string of the molecule is CCCCCC(O)C=CC1OC(CC=CCCCC(=O)O)C(O)CC1O. The second-order valence-electron chi connectivity index (χ2n) is 6.95. The molecule has 0 aliphatic carbocycles. The summed E-state index contributed by atoms with van der Waals surface area (Å²) in [6, 6.07) is 0. The zero-order valence-electron chi connectivity index (χ0n) is 15.7. The summed E-state index contributed by atoms with van der Waals surface area (Å²) in [6.45, 7) is 2.11. The summed E-state index contributed by atoms with van der Waals surface area (Å²) in [7, 11) is 0. The number of ether oxygens (including phenoxy) is 1. The Kier molecular flexibility index (Phi) is 11.4. The van der Waals surface area contributed by atoms with E-state index in [-0.39, 0.29) is 12.8 Å². The lowest BCUT2D eigenvalue weighted by Crippen LogP contribution is -2.46. The van der Waals surface area contributed by atoms with Crippen LogP contribution in [0, 0.1) is 0 Å². The van der Waals surface area contributed by atoms with Gasteiger partial charge in [0.05, 0.1) is 24.4 Å². The van der Waals surface area contributed by atoms with Crippen molar-refractivity contribution in [1.29, 1.82) is 0 Å². The van der Waals surface area contributed by atoms with E-state index in [0.29, 0.717) is 25.7 Å². The minimum absolute atomic E-state index is 0.145. The number of carboxylic acids is 1. The molecule has 6 nitrogen and oxygen atoms in total. The number of carboxylic acid groups (broad SMARTS) is 1. The fourth-order valence-corrected chi connectivity index (χ4v) is 2.96. The average molecular weight is 370 g/mol. The number of aliphatic hydroxyl groups excluding tert-OH is 3. The van der Waals surface area contributed by atoms with Gasteiger partial charge in [0.2, 0.25) is 0 Å². The lowest BCUT2D eigenvalue weighted by Gasteiger charge is -2.35. The van der Waals surface area contributed by atoms with Gasteiger partial charge in [0, 0.05) is 12.8 Å². The highest BCUT2D eigenvalue weighted by Gasteiger charge is 2.34. The smallest absolute Gasteiger partial charge is 0.303 e. The van der Waals surface area contributed by atoms with Crippen LogP contribution in [0.2, 0.25) is 0 Å². The summed E-state index contributed by atoms with van der Waals surface area (Å²) in [5.74, 6) is -0.801. The van der Waals surface area contributed by atoms with Crippen LogP contribution in [-0.4, -0.2) is 56.9 Å². The van der Waals surface area contributed by atoms with Crippen molar-refractivity contribution in [2.75, 3.05) is 0 Å². The lowest BCUT2D eigenvalue weighted by molar-refractivity contribution is -0.150. The number of unbranched alkanes of at least 4 members (excludes halogenated alkanes) is 3. The van der Waals surface area contributed by atoms with Gasteiger partial charge < -0.3 is 25.2 Å². The third kappa shape index (κ3) is 9.48. The normalized spacial score (nSPS) is 28.0. The van der Waals surface area contributed by atoms with Crippen LogP contribution in [0.4, 0.5) is 0 Å². The van der Waals surface area contributed by atoms with E-state index >= 15 is 0 Å². The van der Waals surface area contributed by atoms with Crippen LogP contribution in [0.15, 0.2) is 24.3 Å². The number of aliphatic hydroxyl groups is 3. The molecule has 1 aliphatic heterocycles. The van der Waals surface area contributed by atoms with Gasteiger partial charge in [-0.3, -0.25) is 4.79 Å². The van der Waals surface area contributed by atoms with E-state index in [0.717, 1.165) is 19.3 Å². The molecule has 0 saturated carbocycles. The molecule has 6 heteroatoms. The number of aliphatic carboxylic acids is 1. The highest BCUT2D eigenvalue weighted by molar-refractivity contribution is 5.66. The molecule has 1 fully saturated rings. The van der Waals surface area contributed by atoms with E-state index in [1.165, 1.54) is 0 Å². The van der Waals surface area contributed by atoms with Gasteiger partial charge in [0.15, 0.2) is 0 Å². The van der Waals surface area contributed by atoms with Crippen molar-refractivity contribution in [3.05, 3.63) is 24.3 Å². The molecule has 4 N–H and O–H groups in total. The fourth-order valence-electron chi connectivity index (χ4n) is 2.96. The molecule has 0 aromatic carbocycles. The topological polar surface area (TPSA) is 107 Å². The molecule has 26 heavy (non-hydrogen) atoms. The maximum Gasteiger partial charge on any atom is 0.303 e. The van der Waals surface area contributed by atoms with Gasteiger partial charge in [-0.05, 0) is 25.7 Å². The molecule has 1 aliphatic rings. The first-order valence-corrected chi connectivity index (χ1v) is 9.68. The Morgan fingerprint density at radius 1 is 1.19 bits per heavy atom. The third-order valence-electron chi connectivity index (χ3n) is 4.55. The van der Waals surface area contributed by atoms with Gasteiger partial charge in [-0.1, -0.05) is 50.5 Å². The maximum atomic E-state index is 10.4. The summed E-state index contributed by atoms with van der Waals surface area (Å²) in [5, 5.41) is 38.7. The highest BCUT2D eigenvalue weighted by atomic mass is 16.5. The molecule has 5 unspecified atom stereocenters. The van der Waals surface area contributed by atoms with Crippen LogP contribution in [0.3, 0.4) is 0 Å². The molecule has 0 spiro atoms. The monoisotopic (exact) mass is 370 g/mol. The van der Waals surface area contributed by atoms with Crippen molar-refractivity contribution in [1.82, 2.24) is 0 Å². The van der Waals surface area contributed by atoms with Crippen molar-refractivity contribution >= 4 is 5.97 Å². The van der Waals surface area contributed by atoms with E-state index < -0.39 is 36.5 Å². The molecule has 5 atom stereocenters. The molecule has 0 aromatic heterocycles. The van der Waals surface area contributed by atoms with Gasteiger partial charge in [0.25, 0.3) is 0 Å². The number of hydrogen-bond donors (Lipinski definition) is 4. The van der Waals surface area contributed by atoms with Crippen molar-refractivity contribution in [2.45, 2.75) is 95.2 Å². The van der Waals surface area contributed by atoms with E-state index in [4.69, 9.17) is 9.84 Å². The van der Waals surface area contributed by atoms with Crippen LogP contribution >= 0.6 is 0 Å². The average Bonchev–Trinajstić information content (AvgIpc) is 2.58. The van der Waals surface area contributed by atoms with Crippen LogP contribution in [0.1, 0.15) is 64.7 Å². The maximum absolute atomic E-state index is 10.4. The van der Waals surface area contributed by atoms with Crippen LogP contribution in [0.25, 0.3) is 0 Å². The van der Waals surface area contributed by atoms with Crippen molar-refractivity contribution in [2.24, 2.45) is 0 Å². The number of rotatable bonds is 12. The van der Waals surface area contributed by atoms with E-state index in [1.807, 2.05) is 12.2 Å². The largest absolute Gasteiger partial charge is 0.481 e. The van der Waals surface area contributed by atoms with Crippen LogP contribution in [-0.2, 0) is 9.53 Å². The Morgan fingerprint density at radius 2 is 1.96 bits per heavy atom. The standard InChI is InChI=1S/C20H34O6/c1-2-3-6-9-15(21)12-13-19-17(23)14-16(22)18(26-19)10-7-4-5-8-11-20(24)25/h4,7,12-13,15-19,21-23H,2-3,5-6,8-11,14H2,1H3,(H,24,25). The summed E-state index contributed by atoms with van der Waals surface area (Å²) in [6.07, 6.45) is 10.1. The summed E-state index contributed by atoms with van der Waals surface area (Å²) in [5.41, 5.74) is 0. The van der Waals surface area contributed by atoms with E-state index in [2.05, 4.69) is 6.92 Å². The van der Waals surface area contributed by atoms with Crippen molar-refractivity contribution in [3.63, 3.8) is 0 Å². The number of allylic oxidation sites excluding steroid dienone is 1. The molecular weight excluding hydrogens is 336 g/mol. The molecule has 1 saturated heterocycles. The second-order valence-corrected chi connectivity index (χ2v) is 6.95. The third-order valence-corrected chi connectivity index (χ3v) is 4.55. The van der Waals surface area contributed by atoms with Gasteiger partial charge >= 0.3 is 5.97 Å². The Morgan fingerprint density at radius 3 is 2.65 bits per heavy atom. The van der Waals surface area contributed by atoms with Crippen molar-refractivity contribution in [3.8, 4) is 0 Å². The van der Waals surface area contributed by atoms with Crippen LogP contribution < -0.4 is 0 Å². The summed E-state index contributed by atoms with van der Waals surface area (Å²) >= 11 is 0.